The van der Waals surface area contributed by atoms with Crippen molar-refractivity contribution < 1.29 is 8.42 Å². The number of aryl methyl sites for hydroxylation is 1. The second-order valence-corrected chi connectivity index (χ2v) is 8.64. The zero-order chi connectivity index (χ0) is 15.6. The summed E-state index contributed by atoms with van der Waals surface area (Å²) in [7, 11) is -2.82. The maximum atomic E-state index is 11.5. The first-order valence-corrected chi connectivity index (χ1v) is 9.87. The van der Waals surface area contributed by atoms with Crippen LogP contribution in [0.5, 0.6) is 0 Å². The van der Waals surface area contributed by atoms with Crippen LogP contribution in [-0.2, 0) is 9.84 Å². The lowest BCUT2D eigenvalue weighted by Gasteiger charge is -2.25. The maximum Gasteiger partial charge on any atom is 0.150 e. The lowest BCUT2D eigenvalue weighted by Crippen LogP contribution is -2.32. The molecule has 2 aliphatic rings. The Morgan fingerprint density at radius 1 is 1.23 bits per heavy atom. The van der Waals surface area contributed by atoms with Gasteiger partial charge in [-0.25, -0.2) is 18.4 Å². The van der Waals surface area contributed by atoms with Crippen LogP contribution in [0.15, 0.2) is 6.07 Å². The minimum absolute atomic E-state index is 0.190. The van der Waals surface area contributed by atoms with Crippen LogP contribution in [-0.4, -0.2) is 49.0 Å². The Morgan fingerprint density at radius 3 is 2.68 bits per heavy atom. The van der Waals surface area contributed by atoms with E-state index in [1.54, 1.807) is 0 Å². The van der Waals surface area contributed by atoms with E-state index in [4.69, 9.17) is 0 Å². The molecule has 1 unspecified atom stereocenters. The summed E-state index contributed by atoms with van der Waals surface area (Å²) in [5.41, 5.74) is 1.09. The van der Waals surface area contributed by atoms with Crippen molar-refractivity contribution in [2.45, 2.75) is 44.6 Å². The molecule has 1 aromatic rings. The van der Waals surface area contributed by atoms with Gasteiger partial charge in [0.2, 0.25) is 0 Å². The summed E-state index contributed by atoms with van der Waals surface area (Å²) in [5.74, 6) is 2.59. The Hall–Kier alpha value is -1.21. The molecule has 0 amide bonds. The molecule has 0 aromatic carbocycles. The number of piperidine rings is 1. The molecule has 2 saturated heterocycles. The van der Waals surface area contributed by atoms with E-state index in [9.17, 15) is 8.42 Å². The first-order chi connectivity index (χ1) is 10.5. The van der Waals surface area contributed by atoms with Gasteiger partial charge in [0.15, 0.2) is 0 Å². The van der Waals surface area contributed by atoms with Crippen LogP contribution >= 0.6 is 0 Å². The average molecular weight is 324 g/mol. The van der Waals surface area contributed by atoms with E-state index < -0.39 is 9.84 Å². The van der Waals surface area contributed by atoms with Crippen LogP contribution in [0.4, 0.5) is 5.82 Å². The summed E-state index contributed by atoms with van der Waals surface area (Å²) >= 11 is 0. The summed E-state index contributed by atoms with van der Waals surface area (Å²) in [6.45, 7) is 3.97. The van der Waals surface area contributed by atoms with Crippen molar-refractivity contribution in [1.29, 1.82) is 0 Å². The minimum Gasteiger partial charge on any atom is -0.367 e. The zero-order valence-electron chi connectivity index (χ0n) is 13.0. The smallest absolute Gasteiger partial charge is 0.150 e. The van der Waals surface area contributed by atoms with Gasteiger partial charge < -0.3 is 10.6 Å². The van der Waals surface area contributed by atoms with E-state index in [-0.39, 0.29) is 17.5 Å². The third-order valence-electron chi connectivity index (χ3n) is 4.48. The van der Waals surface area contributed by atoms with Crippen molar-refractivity contribution in [2.24, 2.45) is 0 Å². The Balaban J connectivity index is 1.69. The monoisotopic (exact) mass is 324 g/mol. The van der Waals surface area contributed by atoms with Gasteiger partial charge in [-0.3, -0.25) is 0 Å². The van der Waals surface area contributed by atoms with Gasteiger partial charge in [-0.15, -0.1) is 0 Å². The van der Waals surface area contributed by atoms with Crippen LogP contribution in [0, 0.1) is 6.92 Å². The van der Waals surface area contributed by atoms with E-state index in [2.05, 4.69) is 20.6 Å². The normalized spacial score (nSPS) is 25.8. The van der Waals surface area contributed by atoms with Crippen LogP contribution in [0.1, 0.15) is 43.1 Å². The van der Waals surface area contributed by atoms with Crippen molar-refractivity contribution >= 4 is 15.7 Å². The molecule has 3 rings (SSSR count). The fourth-order valence-electron chi connectivity index (χ4n) is 3.22. The fraction of sp³-hybridized carbons (Fsp3) is 0.733. The Bertz CT molecular complexity index is 612. The van der Waals surface area contributed by atoms with Gasteiger partial charge in [-0.1, -0.05) is 0 Å². The van der Waals surface area contributed by atoms with Gasteiger partial charge in [0.05, 0.1) is 17.2 Å². The molecule has 0 saturated carbocycles. The number of aromatic nitrogens is 2. The van der Waals surface area contributed by atoms with Gasteiger partial charge in [-0.2, -0.15) is 0 Å². The molecule has 0 spiro atoms. The lowest BCUT2D eigenvalue weighted by atomic mass is 9.96. The number of sulfone groups is 1. The molecule has 0 radical (unpaired) electrons. The molecule has 0 aliphatic carbocycles. The number of nitrogens with one attached hydrogen (secondary N) is 2. The SMILES string of the molecule is Cc1nc(NC2CCS(=O)(=O)CC2)cc(C2CCCNC2)n1. The highest BCUT2D eigenvalue weighted by atomic mass is 32.2. The first-order valence-electron chi connectivity index (χ1n) is 8.05. The van der Waals surface area contributed by atoms with Crippen molar-refractivity contribution in [3.8, 4) is 0 Å². The molecule has 122 valence electrons. The van der Waals surface area contributed by atoms with Gasteiger partial charge >= 0.3 is 0 Å². The molecule has 22 heavy (non-hydrogen) atoms. The Kier molecular flexibility index (Phi) is 4.63. The molecular weight excluding hydrogens is 300 g/mol. The summed E-state index contributed by atoms with van der Waals surface area (Å²) in [5, 5.41) is 6.82. The van der Waals surface area contributed by atoms with E-state index in [0.29, 0.717) is 18.8 Å². The molecule has 1 aromatic heterocycles. The van der Waals surface area contributed by atoms with E-state index in [1.165, 1.54) is 6.42 Å². The molecule has 7 heteroatoms. The highest BCUT2D eigenvalue weighted by molar-refractivity contribution is 7.91. The van der Waals surface area contributed by atoms with Crippen LogP contribution < -0.4 is 10.6 Å². The number of nitrogens with zero attached hydrogens (tertiary/aromatic N) is 2. The Labute approximate surface area is 132 Å². The van der Waals surface area contributed by atoms with Crippen LogP contribution in [0.2, 0.25) is 0 Å². The predicted octanol–water partition coefficient (Wildman–Crippen LogP) is 1.24. The summed E-state index contributed by atoms with van der Waals surface area (Å²) < 4.78 is 23.0. The molecule has 2 aliphatic heterocycles. The van der Waals surface area contributed by atoms with Crippen LogP contribution in [0.3, 0.4) is 0 Å². The van der Waals surface area contributed by atoms with Crippen LogP contribution in [0.25, 0.3) is 0 Å². The van der Waals surface area contributed by atoms with E-state index in [0.717, 1.165) is 36.8 Å². The standard InChI is InChI=1S/C15H24N4O2S/c1-11-17-14(12-3-2-6-16-10-12)9-15(18-11)19-13-4-7-22(20,21)8-5-13/h9,12-13,16H,2-8,10H2,1H3,(H,17,18,19). The fourth-order valence-corrected chi connectivity index (χ4v) is 4.71. The first kappa shape index (κ1) is 15.7. The van der Waals surface area contributed by atoms with Gasteiger partial charge in [-0.05, 0) is 39.2 Å². The van der Waals surface area contributed by atoms with Crippen molar-refractivity contribution in [1.82, 2.24) is 15.3 Å². The summed E-state index contributed by atoms with van der Waals surface area (Å²) in [6, 6.07) is 2.23. The number of rotatable bonds is 3. The summed E-state index contributed by atoms with van der Waals surface area (Å²) in [6.07, 6.45) is 3.65. The zero-order valence-corrected chi connectivity index (χ0v) is 13.8. The molecule has 6 nitrogen and oxygen atoms in total. The predicted molar refractivity (Wildman–Crippen MR) is 86.9 cm³/mol. The molecule has 2 fully saturated rings. The van der Waals surface area contributed by atoms with E-state index in [1.807, 2.05) is 13.0 Å². The maximum absolute atomic E-state index is 11.5. The molecule has 0 bridgehead atoms. The quantitative estimate of drug-likeness (QED) is 0.870. The third-order valence-corrected chi connectivity index (χ3v) is 6.19. The molecule has 2 N–H and O–H groups in total. The number of hydrogen-bond donors (Lipinski definition) is 2. The lowest BCUT2D eigenvalue weighted by molar-refractivity contribution is 0.453. The van der Waals surface area contributed by atoms with Crippen molar-refractivity contribution in [2.75, 3.05) is 29.9 Å². The second-order valence-electron chi connectivity index (χ2n) is 6.34. The van der Waals surface area contributed by atoms with Crippen molar-refractivity contribution in [3.05, 3.63) is 17.6 Å². The second kappa shape index (κ2) is 6.50. The molecule has 1 atom stereocenters. The van der Waals surface area contributed by atoms with Gasteiger partial charge in [0, 0.05) is 24.6 Å². The largest absolute Gasteiger partial charge is 0.367 e. The topological polar surface area (TPSA) is 84.0 Å². The highest BCUT2D eigenvalue weighted by Crippen LogP contribution is 2.24. The molecule has 3 heterocycles. The van der Waals surface area contributed by atoms with E-state index >= 15 is 0 Å². The average Bonchev–Trinajstić information content (AvgIpc) is 2.50. The highest BCUT2D eigenvalue weighted by Gasteiger charge is 2.24. The van der Waals surface area contributed by atoms with Gasteiger partial charge in [0.25, 0.3) is 0 Å². The number of hydrogen-bond acceptors (Lipinski definition) is 6. The van der Waals surface area contributed by atoms with Crippen molar-refractivity contribution in [3.63, 3.8) is 0 Å². The Morgan fingerprint density at radius 2 is 2.00 bits per heavy atom. The summed E-state index contributed by atoms with van der Waals surface area (Å²) in [4.78, 5) is 9.05. The molecular formula is C15H24N4O2S. The third kappa shape index (κ3) is 3.95. The number of anilines is 1. The van der Waals surface area contributed by atoms with Gasteiger partial charge in [0.1, 0.15) is 21.5 Å². The minimum atomic E-state index is -2.82.